The maximum absolute atomic E-state index is 14.2. The summed E-state index contributed by atoms with van der Waals surface area (Å²) in [7, 11) is 0. The van der Waals surface area contributed by atoms with Crippen LogP contribution in [0.2, 0.25) is 0 Å². The van der Waals surface area contributed by atoms with Gasteiger partial charge in [0.05, 0.1) is 0 Å². The number of fused-ring (bicyclic) bond motifs is 5. The van der Waals surface area contributed by atoms with Gasteiger partial charge in [0, 0.05) is 11.8 Å². The lowest BCUT2D eigenvalue weighted by molar-refractivity contribution is -0.0226. The molecule has 0 saturated heterocycles. The SMILES string of the molecule is FC12CCCC1(F)C1C=CC2C1. The van der Waals surface area contributed by atoms with Crippen molar-refractivity contribution in [2.24, 2.45) is 11.8 Å². The second kappa shape index (κ2) is 1.75. The summed E-state index contributed by atoms with van der Waals surface area (Å²) in [6, 6.07) is 0. The molecule has 0 heterocycles. The van der Waals surface area contributed by atoms with E-state index in [-0.39, 0.29) is 11.8 Å². The Morgan fingerprint density at radius 1 is 1.00 bits per heavy atom. The maximum atomic E-state index is 14.2. The molecule has 3 aliphatic rings. The summed E-state index contributed by atoms with van der Waals surface area (Å²) >= 11 is 0. The van der Waals surface area contributed by atoms with E-state index in [1.165, 1.54) is 0 Å². The third kappa shape index (κ3) is 0.502. The number of halogens is 2. The Balaban J connectivity index is 2.14. The second-order valence-corrected chi connectivity index (χ2v) is 4.41. The van der Waals surface area contributed by atoms with E-state index in [9.17, 15) is 8.78 Å². The molecule has 0 spiro atoms. The van der Waals surface area contributed by atoms with Crippen molar-refractivity contribution in [2.75, 3.05) is 0 Å². The van der Waals surface area contributed by atoms with Gasteiger partial charge < -0.3 is 0 Å². The van der Waals surface area contributed by atoms with Crippen LogP contribution >= 0.6 is 0 Å². The van der Waals surface area contributed by atoms with Gasteiger partial charge in [0.15, 0.2) is 11.3 Å². The van der Waals surface area contributed by atoms with Crippen LogP contribution in [0.5, 0.6) is 0 Å². The first-order chi connectivity index (χ1) is 5.67. The third-order valence-corrected chi connectivity index (χ3v) is 4.03. The normalized spacial score (nSPS) is 61.2. The summed E-state index contributed by atoms with van der Waals surface area (Å²) in [4.78, 5) is 0. The molecule has 0 N–H and O–H groups in total. The third-order valence-electron chi connectivity index (χ3n) is 4.03. The number of allylic oxidation sites excluding steroid dienone is 2. The van der Waals surface area contributed by atoms with Crippen molar-refractivity contribution in [3.8, 4) is 0 Å². The first kappa shape index (κ1) is 7.05. The van der Waals surface area contributed by atoms with Gasteiger partial charge in [-0.15, -0.1) is 0 Å². The average Bonchev–Trinajstić information content (AvgIpc) is 2.61. The lowest BCUT2D eigenvalue weighted by Gasteiger charge is -2.34. The summed E-state index contributed by atoms with van der Waals surface area (Å²) < 4.78 is 28.3. The molecule has 0 radical (unpaired) electrons. The highest BCUT2D eigenvalue weighted by atomic mass is 19.2. The van der Waals surface area contributed by atoms with E-state index in [0.717, 1.165) is 6.42 Å². The standard InChI is InChI=1S/C10H12F2/c11-9-4-1-5-10(9,12)8-3-2-7(9)6-8/h2-3,7-8H,1,4-6H2. The van der Waals surface area contributed by atoms with Crippen LogP contribution in [0.3, 0.4) is 0 Å². The van der Waals surface area contributed by atoms with Gasteiger partial charge in [-0.3, -0.25) is 0 Å². The molecule has 2 saturated carbocycles. The fraction of sp³-hybridized carbons (Fsp3) is 0.800. The molecule has 0 amide bonds. The van der Waals surface area contributed by atoms with Gasteiger partial charge in [-0.25, -0.2) is 8.78 Å². The van der Waals surface area contributed by atoms with E-state index in [1.807, 2.05) is 12.2 Å². The molecule has 0 aliphatic heterocycles. The molecule has 0 aromatic rings. The molecule has 2 heteroatoms. The van der Waals surface area contributed by atoms with Crippen molar-refractivity contribution < 1.29 is 8.78 Å². The van der Waals surface area contributed by atoms with Crippen molar-refractivity contribution >= 4 is 0 Å². The smallest absolute Gasteiger partial charge is 0.151 e. The monoisotopic (exact) mass is 170 g/mol. The summed E-state index contributed by atoms with van der Waals surface area (Å²) in [5.41, 5.74) is -2.99. The summed E-state index contributed by atoms with van der Waals surface area (Å²) in [6.45, 7) is 0. The largest absolute Gasteiger partial charge is 0.240 e. The van der Waals surface area contributed by atoms with Gasteiger partial charge in [0.1, 0.15) is 0 Å². The minimum absolute atomic E-state index is 0.116. The Morgan fingerprint density at radius 2 is 1.50 bits per heavy atom. The lowest BCUT2D eigenvalue weighted by Crippen LogP contribution is -2.45. The van der Waals surface area contributed by atoms with E-state index >= 15 is 0 Å². The van der Waals surface area contributed by atoms with Crippen LogP contribution in [0.15, 0.2) is 12.2 Å². The van der Waals surface area contributed by atoms with Crippen LogP contribution in [0.1, 0.15) is 25.7 Å². The van der Waals surface area contributed by atoms with Crippen LogP contribution in [0.25, 0.3) is 0 Å². The number of hydrogen-bond acceptors (Lipinski definition) is 0. The zero-order chi connectivity index (χ0) is 8.40. The second-order valence-electron chi connectivity index (χ2n) is 4.41. The molecule has 0 nitrogen and oxygen atoms in total. The molecule has 3 rings (SSSR count). The summed E-state index contributed by atoms with van der Waals surface area (Å²) in [6.07, 6.45) is 6.08. The quantitative estimate of drug-likeness (QED) is 0.490. The fourth-order valence-corrected chi connectivity index (χ4v) is 3.38. The fourth-order valence-electron chi connectivity index (χ4n) is 3.38. The molecule has 2 fully saturated rings. The summed E-state index contributed by atoms with van der Waals surface area (Å²) in [5.74, 6) is -0.231. The molecule has 0 aromatic heterocycles. The molecule has 2 bridgehead atoms. The maximum Gasteiger partial charge on any atom is 0.151 e. The molecular formula is C10H12F2. The van der Waals surface area contributed by atoms with Crippen LogP contribution in [0, 0.1) is 11.8 Å². The molecule has 4 unspecified atom stereocenters. The number of alkyl halides is 2. The van der Waals surface area contributed by atoms with Gasteiger partial charge in [0.25, 0.3) is 0 Å². The summed E-state index contributed by atoms with van der Waals surface area (Å²) in [5, 5.41) is 0. The molecule has 4 atom stereocenters. The van der Waals surface area contributed by atoms with Crippen molar-refractivity contribution in [2.45, 2.75) is 37.0 Å². The number of rotatable bonds is 0. The van der Waals surface area contributed by atoms with Crippen molar-refractivity contribution in [1.82, 2.24) is 0 Å². The van der Waals surface area contributed by atoms with Crippen LogP contribution < -0.4 is 0 Å². The first-order valence-electron chi connectivity index (χ1n) is 4.73. The van der Waals surface area contributed by atoms with E-state index in [0.29, 0.717) is 19.3 Å². The molecular weight excluding hydrogens is 158 g/mol. The average molecular weight is 170 g/mol. The Labute approximate surface area is 70.6 Å². The van der Waals surface area contributed by atoms with Crippen molar-refractivity contribution in [3.05, 3.63) is 12.2 Å². The topological polar surface area (TPSA) is 0 Å². The minimum atomic E-state index is -1.49. The molecule has 3 aliphatic carbocycles. The Hall–Kier alpha value is -0.400. The van der Waals surface area contributed by atoms with E-state index < -0.39 is 11.3 Å². The predicted octanol–water partition coefficient (Wildman–Crippen LogP) is 2.79. The molecule has 66 valence electrons. The van der Waals surface area contributed by atoms with E-state index in [1.54, 1.807) is 0 Å². The van der Waals surface area contributed by atoms with Crippen molar-refractivity contribution in [1.29, 1.82) is 0 Å². The predicted molar refractivity (Wildman–Crippen MR) is 42.3 cm³/mol. The van der Waals surface area contributed by atoms with Gasteiger partial charge in [0.2, 0.25) is 0 Å². The zero-order valence-electron chi connectivity index (χ0n) is 6.89. The first-order valence-corrected chi connectivity index (χ1v) is 4.73. The number of hydrogen-bond donors (Lipinski definition) is 0. The van der Waals surface area contributed by atoms with Gasteiger partial charge in [-0.2, -0.15) is 0 Å². The highest BCUT2D eigenvalue weighted by Crippen LogP contribution is 2.64. The van der Waals surface area contributed by atoms with E-state index in [2.05, 4.69) is 0 Å². The minimum Gasteiger partial charge on any atom is -0.240 e. The van der Waals surface area contributed by atoms with Gasteiger partial charge in [-0.05, 0) is 25.7 Å². The highest BCUT2D eigenvalue weighted by molar-refractivity contribution is 5.29. The van der Waals surface area contributed by atoms with Gasteiger partial charge in [-0.1, -0.05) is 12.2 Å². The van der Waals surface area contributed by atoms with Gasteiger partial charge >= 0.3 is 0 Å². The van der Waals surface area contributed by atoms with Crippen molar-refractivity contribution in [3.63, 3.8) is 0 Å². The highest BCUT2D eigenvalue weighted by Gasteiger charge is 2.69. The lowest BCUT2D eigenvalue weighted by atomic mass is 9.80. The Bertz CT molecular complexity index is 237. The van der Waals surface area contributed by atoms with Crippen LogP contribution in [-0.4, -0.2) is 11.3 Å². The molecule has 12 heavy (non-hydrogen) atoms. The van der Waals surface area contributed by atoms with Crippen LogP contribution in [0.4, 0.5) is 8.78 Å². The van der Waals surface area contributed by atoms with Crippen LogP contribution in [-0.2, 0) is 0 Å². The zero-order valence-corrected chi connectivity index (χ0v) is 6.89. The van der Waals surface area contributed by atoms with E-state index in [4.69, 9.17) is 0 Å². The Kier molecular flexibility index (Phi) is 1.03. The Morgan fingerprint density at radius 3 is 2.00 bits per heavy atom. The molecule has 0 aromatic carbocycles.